The number of aliphatic hydroxyl groups excluding tert-OH is 2. The zero-order valence-corrected chi connectivity index (χ0v) is 19.3. The maximum absolute atomic E-state index is 10.4. The van der Waals surface area contributed by atoms with E-state index >= 15 is 0 Å². The number of carboxylic acid groups (broad SMARTS) is 1. The average Bonchev–Trinajstić information content (AvgIpc) is 3.19. The number of aliphatic hydroxyl groups is 2. The Labute approximate surface area is 191 Å². The van der Waals surface area contributed by atoms with Crippen molar-refractivity contribution in [3.8, 4) is 0 Å². The third-order valence-corrected chi connectivity index (χ3v) is 7.27. The fourth-order valence-electron chi connectivity index (χ4n) is 3.51. The minimum atomic E-state index is -1.04. The summed E-state index contributed by atoms with van der Waals surface area (Å²) in [6.45, 7) is 1.78. The molecule has 1 unspecified atom stereocenters. The predicted octanol–water partition coefficient (Wildman–Crippen LogP) is 3.25. The molecule has 164 valence electrons. The third kappa shape index (κ3) is 7.85. The van der Waals surface area contributed by atoms with Gasteiger partial charge in [0.25, 0.3) is 0 Å². The maximum atomic E-state index is 10.4. The minimum Gasteiger partial charge on any atom is -0.495 e. The Morgan fingerprint density at radius 3 is 2.90 bits per heavy atom. The van der Waals surface area contributed by atoms with Crippen LogP contribution in [0.5, 0.6) is 0 Å². The molecule has 0 saturated heterocycles. The van der Waals surface area contributed by atoms with Crippen molar-refractivity contribution in [1.82, 2.24) is 0 Å². The molecule has 1 aromatic heterocycles. The lowest BCUT2D eigenvalue weighted by Gasteiger charge is -2.22. The lowest BCUT2D eigenvalue weighted by Crippen LogP contribution is -2.27. The monoisotopic (exact) mass is 498 g/mol. The quantitative estimate of drug-likeness (QED) is 0.177. The van der Waals surface area contributed by atoms with Crippen LogP contribution in [-0.2, 0) is 20.7 Å². The number of aliphatic carboxylic acids is 1. The van der Waals surface area contributed by atoms with Gasteiger partial charge in [-0.25, -0.2) is 4.79 Å². The van der Waals surface area contributed by atoms with E-state index in [1.165, 1.54) is 16.0 Å². The fourth-order valence-corrected chi connectivity index (χ4v) is 5.13. The summed E-state index contributed by atoms with van der Waals surface area (Å²) in [5, 5.41) is 29.3. The van der Waals surface area contributed by atoms with E-state index in [1.54, 1.807) is 23.5 Å². The lowest BCUT2D eigenvalue weighted by atomic mass is 9.83. The SMILES string of the molecule is [B]C[C@@H]1CC(O)[C@H](O/C=C\COCC(=O)O)[C@H]1/C=C/[C@@H](O)CCc1cc(Br)c(C)s1. The molecular weight excluding hydrogens is 471 g/mol. The Kier molecular flexibility index (Phi) is 10.6. The van der Waals surface area contributed by atoms with Crippen molar-refractivity contribution in [2.45, 2.75) is 50.8 Å². The molecule has 1 aliphatic rings. The highest BCUT2D eigenvalue weighted by atomic mass is 79.9. The Hall–Kier alpha value is -1.13. The molecule has 5 atom stereocenters. The first-order valence-corrected chi connectivity index (χ1v) is 11.5. The molecule has 1 saturated carbocycles. The van der Waals surface area contributed by atoms with Gasteiger partial charge >= 0.3 is 5.97 Å². The average molecular weight is 499 g/mol. The van der Waals surface area contributed by atoms with Crippen LogP contribution in [0, 0.1) is 18.8 Å². The first-order chi connectivity index (χ1) is 14.3. The molecule has 0 spiro atoms. The Morgan fingerprint density at radius 2 is 2.27 bits per heavy atom. The van der Waals surface area contributed by atoms with Crippen LogP contribution >= 0.6 is 27.3 Å². The molecule has 0 aromatic carbocycles. The molecule has 0 amide bonds. The Balaban J connectivity index is 1.88. The van der Waals surface area contributed by atoms with Gasteiger partial charge < -0.3 is 24.8 Å². The molecule has 9 heteroatoms. The summed E-state index contributed by atoms with van der Waals surface area (Å²) >= 11 is 5.23. The normalized spacial score (nSPS) is 25.3. The van der Waals surface area contributed by atoms with Crippen LogP contribution < -0.4 is 0 Å². The second-order valence-corrected chi connectivity index (χ2v) is 9.56. The lowest BCUT2D eigenvalue weighted by molar-refractivity contribution is -0.141. The van der Waals surface area contributed by atoms with Gasteiger partial charge in [-0.1, -0.05) is 18.5 Å². The van der Waals surface area contributed by atoms with Gasteiger partial charge in [0.15, 0.2) is 0 Å². The van der Waals surface area contributed by atoms with Gasteiger partial charge in [-0.05, 0) is 60.2 Å². The van der Waals surface area contributed by atoms with E-state index in [2.05, 4.69) is 28.9 Å². The van der Waals surface area contributed by atoms with Gasteiger partial charge in [-0.2, -0.15) is 0 Å². The van der Waals surface area contributed by atoms with Crippen molar-refractivity contribution >= 4 is 41.1 Å². The summed E-state index contributed by atoms with van der Waals surface area (Å²) in [6.07, 6.45) is 7.23. The number of thiophene rings is 1. The van der Waals surface area contributed by atoms with E-state index in [1.807, 2.05) is 6.08 Å². The van der Waals surface area contributed by atoms with E-state index in [4.69, 9.17) is 22.4 Å². The van der Waals surface area contributed by atoms with Crippen molar-refractivity contribution in [3.63, 3.8) is 0 Å². The zero-order chi connectivity index (χ0) is 22.1. The van der Waals surface area contributed by atoms with Crippen LogP contribution in [0.3, 0.4) is 0 Å². The van der Waals surface area contributed by atoms with Crippen LogP contribution in [-0.4, -0.2) is 60.7 Å². The van der Waals surface area contributed by atoms with E-state index in [0.29, 0.717) is 19.2 Å². The highest BCUT2D eigenvalue weighted by Gasteiger charge is 2.41. The molecule has 0 bridgehead atoms. The highest BCUT2D eigenvalue weighted by molar-refractivity contribution is 9.10. The molecule has 3 N–H and O–H groups in total. The van der Waals surface area contributed by atoms with Gasteiger partial charge in [0.2, 0.25) is 0 Å². The molecule has 1 aromatic rings. The Morgan fingerprint density at radius 1 is 1.50 bits per heavy atom. The second kappa shape index (κ2) is 12.7. The number of halogens is 1. The number of carbonyl (C=O) groups is 1. The van der Waals surface area contributed by atoms with Gasteiger partial charge in [0.1, 0.15) is 12.7 Å². The molecule has 30 heavy (non-hydrogen) atoms. The summed E-state index contributed by atoms with van der Waals surface area (Å²) in [6, 6.07) is 2.09. The molecular formula is C21H28BBrO6S. The molecule has 6 nitrogen and oxygen atoms in total. The van der Waals surface area contributed by atoms with Gasteiger partial charge in [0, 0.05) is 20.1 Å². The van der Waals surface area contributed by atoms with Crippen molar-refractivity contribution in [2.24, 2.45) is 11.8 Å². The Bertz CT molecular complexity index is 718. The van der Waals surface area contributed by atoms with Crippen LogP contribution in [0.1, 0.15) is 22.6 Å². The van der Waals surface area contributed by atoms with Crippen molar-refractivity contribution in [1.29, 1.82) is 0 Å². The van der Waals surface area contributed by atoms with Crippen LogP contribution in [0.15, 0.2) is 35.0 Å². The third-order valence-electron chi connectivity index (χ3n) is 5.07. The van der Waals surface area contributed by atoms with Crippen molar-refractivity contribution in [3.05, 3.63) is 44.8 Å². The summed E-state index contributed by atoms with van der Waals surface area (Å²) in [4.78, 5) is 12.9. The van der Waals surface area contributed by atoms with E-state index in [0.717, 1.165) is 10.9 Å². The molecule has 0 aliphatic heterocycles. The standard InChI is InChI=1S/C21H28BBrO6S/c1-13-18(23)10-16(30-13)5-3-15(24)4-6-17-14(11-22)9-19(25)21(17)29-8-2-7-28-12-20(26)27/h2,4,6,8,10,14-15,17,19,21,24-25H,3,5,7,9,11-12H2,1H3,(H,26,27)/b6-4+,8-2-/t14-,15-,17-,19?,21+/m0/s1. The summed E-state index contributed by atoms with van der Waals surface area (Å²) < 4.78 is 11.7. The number of hydrogen-bond acceptors (Lipinski definition) is 6. The molecule has 2 rings (SSSR count). The number of hydrogen-bond donors (Lipinski definition) is 3. The topological polar surface area (TPSA) is 96.2 Å². The summed E-state index contributed by atoms with van der Waals surface area (Å²) in [5.41, 5.74) is 0. The zero-order valence-electron chi connectivity index (χ0n) is 16.9. The van der Waals surface area contributed by atoms with Gasteiger partial charge in [-0.15, -0.1) is 11.3 Å². The summed E-state index contributed by atoms with van der Waals surface area (Å²) in [5.74, 6) is -1.10. The number of ether oxygens (including phenoxy) is 2. The molecule has 1 fully saturated rings. The minimum absolute atomic E-state index is 0.0565. The van der Waals surface area contributed by atoms with E-state index in [9.17, 15) is 15.0 Å². The second-order valence-electron chi connectivity index (χ2n) is 7.37. The number of rotatable bonds is 12. The maximum Gasteiger partial charge on any atom is 0.329 e. The van der Waals surface area contributed by atoms with E-state index in [-0.39, 0.29) is 25.0 Å². The van der Waals surface area contributed by atoms with Crippen molar-refractivity contribution in [2.75, 3.05) is 13.2 Å². The predicted molar refractivity (Wildman–Crippen MR) is 121 cm³/mol. The first-order valence-electron chi connectivity index (χ1n) is 9.91. The smallest absolute Gasteiger partial charge is 0.329 e. The molecule has 1 heterocycles. The first kappa shape index (κ1) is 25.1. The number of carboxylic acids is 1. The van der Waals surface area contributed by atoms with Crippen LogP contribution in [0.4, 0.5) is 0 Å². The fraction of sp³-hybridized carbons (Fsp3) is 0.571. The van der Waals surface area contributed by atoms with E-state index < -0.39 is 24.3 Å². The van der Waals surface area contributed by atoms with Crippen LogP contribution in [0.2, 0.25) is 6.32 Å². The number of aryl methyl sites for hydroxylation is 2. The van der Waals surface area contributed by atoms with Crippen molar-refractivity contribution < 1.29 is 29.6 Å². The molecule has 2 radical (unpaired) electrons. The largest absolute Gasteiger partial charge is 0.495 e. The van der Waals surface area contributed by atoms with Gasteiger partial charge in [0.05, 0.1) is 32.9 Å². The highest BCUT2D eigenvalue weighted by Crippen LogP contribution is 2.37. The van der Waals surface area contributed by atoms with Gasteiger partial charge in [-0.3, -0.25) is 0 Å². The summed E-state index contributed by atoms with van der Waals surface area (Å²) in [7, 11) is 5.87. The molecule has 1 aliphatic carbocycles. The van der Waals surface area contributed by atoms with Crippen LogP contribution in [0.25, 0.3) is 0 Å².